The summed E-state index contributed by atoms with van der Waals surface area (Å²) in [5, 5.41) is 0.704. The molecule has 1 aromatic heterocycles. The predicted octanol–water partition coefficient (Wildman–Crippen LogP) is 4.18. The summed E-state index contributed by atoms with van der Waals surface area (Å²) < 4.78 is 6.65. The van der Waals surface area contributed by atoms with Gasteiger partial charge in [0.05, 0.1) is 15.6 Å². The van der Waals surface area contributed by atoms with Crippen molar-refractivity contribution in [2.45, 2.75) is 18.5 Å². The van der Waals surface area contributed by atoms with Crippen LogP contribution in [0, 0.1) is 6.92 Å². The maximum absolute atomic E-state index is 13.6. The Bertz CT molecular complexity index is 1400. The van der Waals surface area contributed by atoms with Crippen molar-refractivity contribution in [3.8, 4) is 11.5 Å². The minimum atomic E-state index is -1.48. The van der Waals surface area contributed by atoms with Crippen molar-refractivity contribution in [3.63, 3.8) is 0 Å². The molecule has 7 heteroatoms. The molecule has 0 saturated heterocycles. The predicted molar refractivity (Wildman–Crippen MR) is 126 cm³/mol. The van der Waals surface area contributed by atoms with Crippen LogP contribution in [0.5, 0.6) is 11.5 Å². The lowest BCUT2D eigenvalue weighted by molar-refractivity contribution is -0.124. The minimum Gasteiger partial charge on any atom is -0.457 e. The van der Waals surface area contributed by atoms with Crippen LogP contribution < -0.4 is 21.9 Å². The summed E-state index contributed by atoms with van der Waals surface area (Å²) in [4.78, 5) is 25.7. The molecule has 32 heavy (non-hydrogen) atoms. The molecule has 5 rings (SSSR count). The maximum Gasteiger partial charge on any atom is 0.182 e. The van der Waals surface area contributed by atoms with E-state index in [1.165, 1.54) is 11.3 Å². The standard InChI is InChI=1S/C25H21N3O3S/c1-13-11-15(31-14-5-3-2-4-6-14)7-8-16(13)25(28)17-9-10-18(26)23-20(17)21(19(12-29)32-23)22(27)24(25)30/h2-12,22H,26-28H2,1H3. The molecule has 0 bridgehead atoms. The first-order valence-electron chi connectivity index (χ1n) is 10.1. The molecule has 160 valence electrons. The van der Waals surface area contributed by atoms with Crippen LogP contribution in [0.1, 0.15) is 38.0 Å². The summed E-state index contributed by atoms with van der Waals surface area (Å²) in [5.41, 5.74) is 21.0. The summed E-state index contributed by atoms with van der Waals surface area (Å²) in [6.45, 7) is 1.88. The number of ether oxygens (including phenoxy) is 1. The fourth-order valence-electron chi connectivity index (χ4n) is 4.54. The van der Waals surface area contributed by atoms with Crippen molar-refractivity contribution in [2.75, 3.05) is 5.73 Å². The minimum absolute atomic E-state index is 0.364. The number of thiophene rings is 1. The number of benzene rings is 3. The summed E-state index contributed by atoms with van der Waals surface area (Å²) in [7, 11) is 0. The van der Waals surface area contributed by atoms with Crippen LogP contribution in [0.2, 0.25) is 0 Å². The van der Waals surface area contributed by atoms with Gasteiger partial charge in [0.25, 0.3) is 0 Å². The Morgan fingerprint density at radius 3 is 2.44 bits per heavy atom. The van der Waals surface area contributed by atoms with Crippen molar-refractivity contribution >= 4 is 39.2 Å². The molecule has 0 saturated carbocycles. The Balaban J connectivity index is 1.69. The zero-order valence-electron chi connectivity index (χ0n) is 17.3. The van der Waals surface area contributed by atoms with Gasteiger partial charge in [0.2, 0.25) is 0 Å². The quantitative estimate of drug-likeness (QED) is 0.321. The lowest BCUT2D eigenvalue weighted by Crippen LogP contribution is -2.52. The molecule has 6 nitrogen and oxygen atoms in total. The molecule has 1 aliphatic rings. The van der Waals surface area contributed by atoms with E-state index in [9.17, 15) is 9.59 Å². The van der Waals surface area contributed by atoms with Gasteiger partial charge >= 0.3 is 0 Å². The molecule has 4 aromatic rings. The third kappa shape index (κ3) is 2.79. The van der Waals surface area contributed by atoms with Gasteiger partial charge in [-0.25, -0.2) is 0 Å². The normalized spacial score (nSPS) is 19.8. The number of aryl methyl sites for hydroxylation is 1. The van der Waals surface area contributed by atoms with Gasteiger partial charge in [0.15, 0.2) is 12.1 Å². The Morgan fingerprint density at radius 1 is 1.03 bits per heavy atom. The highest BCUT2D eigenvalue weighted by molar-refractivity contribution is 7.21. The van der Waals surface area contributed by atoms with E-state index in [-0.39, 0.29) is 5.78 Å². The Morgan fingerprint density at radius 2 is 1.75 bits per heavy atom. The topological polar surface area (TPSA) is 121 Å². The monoisotopic (exact) mass is 443 g/mol. The van der Waals surface area contributed by atoms with Gasteiger partial charge in [-0.1, -0.05) is 30.3 Å². The Labute approximate surface area is 188 Å². The van der Waals surface area contributed by atoms with E-state index in [0.29, 0.717) is 44.1 Å². The van der Waals surface area contributed by atoms with E-state index in [0.717, 1.165) is 16.5 Å². The lowest BCUT2D eigenvalue weighted by Gasteiger charge is -2.37. The first-order valence-corrected chi connectivity index (χ1v) is 10.9. The van der Waals surface area contributed by atoms with Gasteiger partial charge in [-0.3, -0.25) is 9.59 Å². The molecule has 1 heterocycles. The number of nitrogen functional groups attached to an aromatic ring is 1. The summed E-state index contributed by atoms with van der Waals surface area (Å²) in [6, 6.07) is 17.3. The van der Waals surface area contributed by atoms with Gasteiger partial charge in [-0.2, -0.15) is 0 Å². The van der Waals surface area contributed by atoms with Crippen molar-refractivity contribution in [2.24, 2.45) is 11.5 Å². The number of para-hydroxylation sites is 1. The van der Waals surface area contributed by atoms with Gasteiger partial charge in [0.1, 0.15) is 17.0 Å². The molecule has 2 atom stereocenters. The molecule has 0 amide bonds. The number of Topliss-reactive ketones (excluding diaryl/α,β-unsaturated/α-hetero) is 1. The first kappa shape index (κ1) is 20.4. The van der Waals surface area contributed by atoms with Crippen molar-refractivity contribution in [1.82, 2.24) is 0 Å². The van der Waals surface area contributed by atoms with Crippen molar-refractivity contribution < 1.29 is 14.3 Å². The second kappa shape index (κ2) is 7.27. The second-order valence-corrected chi connectivity index (χ2v) is 9.00. The molecule has 6 N–H and O–H groups in total. The Kier molecular flexibility index (Phi) is 4.63. The van der Waals surface area contributed by atoms with Crippen LogP contribution in [0.15, 0.2) is 60.7 Å². The van der Waals surface area contributed by atoms with Crippen LogP contribution in [-0.4, -0.2) is 12.1 Å². The number of hydrogen-bond acceptors (Lipinski definition) is 7. The zero-order valence-corrected chi connectivity index (χ0v) is 18.1. The first-order chi connectivity index (χ1) is 15.4. The number of carbonyl (C=O) groups is 2. The van der Waals surface area contributed by atoms with Gasteiger partial charge < -0.3 is 21.9 Å². The number of hydrogen-bond donors (Lipinski definition) is 3. The van der Waals surface area contributed by atoms with Crippen LogP contribution in [0.3, 0.4) is 0 Å². The van der Waals surface area contributed by atoms with E-state index in [2.05, 4.69) is 0 Å². The SMILES string of the molecule is Cc1cc(Oc2ccccc2)ccc1C1(N)C(=O)C(N)c2c(C=O)sc3c(N)ccc1c23. The molecule has 2 unspecified atom stereocenters. The molecule has 0 fully saturated rings. The second-order valence-electron chi connectivity index (χ2n) is 7.95. The molecule has 3 aromatic carbocycles. The molecule has 0 aliphatic heterocycles. The molecule has 0 spiro atoms. The van der Waals surface area contributed by atoms with Crippen molar-refractivity contribution in [1.29, 1.82) is 0 Å². The summed E-state index contributed by atoms with van der Waals surface area (Å²) >= 11 is 1.24. The average molecular weight is 444 g/mol. The van der Waals surface area contributed by atoms with Crippen LogP contribution >= 0.6 is 11.3 Å². The van der Waals surface area contributed by atoms with Gasteiger partial charge in [-0.05, 0) is 53.9 Å². The third-order valence-corrected chi connectivity index (χ3v) is 7.23. The number of anilines is 1. The number of aldehydes is 1. The highest BCUT2D eigenvalue weighted by Crippen LogP contribution is 2.49. The fourth-order valence-corrected chi connectivity index (χ4v) is 5.66. The summed E-state index contributed by atoms with van der Waals surface area (Å²) in [5.74, 6) is 0.982. The third-order valence-electron chi connectivity index (χ3n) is 6.05. The van der Waals surface area contributed by atoms with Crippen LogP contribution in [0.4, 0.5) is 5.69 Å². The van der Waals surface area contributed by atoms with E-state index in [4.69, 9.17) is 21.9 Å². The number of rotatable bonds is 4. The zero-order chi connectivity index (χ0) is 22.6. The van der Waals surface area contributed by atoms with Crippen LogP contribution in [0.25, 0.3) is 10.1 Å². The largest absolute Gasteiger partial charge is 0.457 e. The maximum atomic E-state index is 13.6. The number of carbonyl (C=O) groups excluding carboxylic acids is 2. The average Bonchev–Trinajstić information content (AvgIpc) is 3.18. The summed E-state index contributed by atoms with van der Waals surface area (Å²) in [6.07, 6.45) is 0.723. The van der Waals surface area contributed by atoms with E-state index >= 15 is 0 Å². The highest BCUT2D eigenvalue weighted by atomic mass is 32.1. The van der Waals surface area contributed by atoms with E-state index < -0.39 is 11.6 Å². The van der Waals surface area contributed by atoms with Gasteiger partial charge in [0, 0.05) is 16.6 Å². The molecule has 1 aliphatic carbocycles. The van der Waals surface area contributed by atoms with Crippen LogP contribution in [-0.2, 0) is 10.3 Å². The fraction of sp³-hybridized carbons (Fsp3) is 0.120. The number of ketones is 1. The molecular formula is C25H21N3O3S. The highest BCUT2D eigenvalue weighted by Gasteiger charge is 2.48. The number of nitrogens with two attached hydrogens (primary N) is 3. The van der Waals surface area contributed by atoms with Crippen molar-refractivity contribution in [3.05, 3.63) is 87.8 Å². The lowest BCUT2D eigenvalue weighted by atomic mass is 9.69. The molecular weight excluding hydrogens is 422 g/mol. The Hall–Kier alpha value is -3.52. The van der Waals surface area contributed by atoms with E-state index in [1.807, 2.05) is 43.3 Å². The van der Waals surface area contributed by atoms with Gasteiger partial charge in [-0.15, -0.1) is 11.3 Å². The van der Waals surface area contributed by atoms with E-state index in [1.54, 1.807) is 24.3 Å². The smallest absolute Gasteiger partial charge is 0.182 e. The molecule has 0 radical (unpaired) electrons.